The van der Waals surface area contributed by atoms with Crippen LogP contribution in [0.25, 0.3) is 10.8 Å². The van der Waals surface area contributed by atoms with Gasteiger partial charge in [-0.3, -0.25) is 4.90 Å². The van der Waals surface area contributed by atoms with Gasteiger partial charge in [-0.1, -0.05) is 37.3 Å². The topological polar surface area (TPSA) is 44.7 Å². The summed E-state index contributed by atoms with van der Waals surface area (Å²) >= 11 is 0. The van der Waals surface area contributed by atoms with Gasteiger partial charge in [0.2, 0.25) is 0 Å². The van der Waals surface area contributed by atoms with Gasteiger partial charge >= 0.3 is 6.01 Å². The molecule has 0 bridgehead atoms. The van der Waals surface area contributed by atoms with E-state index in [1.807, 2.05) is 0 Å². The first-order valence-corrected chi connectivity index (χ1v) is 15.0. The molecule has 0 atom stereocenters. The van der Waals surface area contributed by atoms with E-state index in [4.69, 9.17) is 14.7 Å². The lowest BCUT2D eigenvalue weighted by molar-refractivity contribution is 0.107. The molecule has 4 aliphatic rings. The molecule has 0 saturated carbocycles. The summed E-state index contributed by atoms with van der Waals surface area (Å²) in [5.74, 6) is 1.14. The van der Waals surface area contributed by atoms with Crippen molar-refractivity contribution in [2.75, 3.05) is 49.1 Å². The second kappa shape index (κ2) is 10.0. The van der Waals surface area contributed by atoms with Crippen molar-refractivity contribution in [2.45, 2.75) is 76.8 Å². The third kappa shape index (κ3) is 4.21. The fourth-order valence-corrected chi connectivity index (χ4v) is 7.64. The van der Waals surface area contributed by atoms with Gasteiger partial charge in [-0.2, -0.15) is 9.97 Å². The van der Waals surface area contributed by atoms with Gasteiger partial charge in [-0.15, -0.1) is 0 Å². The van der Waals surface area contributed by atoms with E-state index in [-0.39, 0.29) is 5.54 Å². The first-order valence-electron chi connectivity index (χ1n) is 15.0. The molecule has 0 spiro atoms. The quantitative estimate of drug-likeness (QED) is 0.420. The van der Waals surface area contributed by atoms with Crippen molar-refractivity contribution in [1.82, 2.24) is 14.9 Å². The average molecular weight is 512 g/mol. The SMILES string of the molecule is CCc1cccc2cccc(N3CCc4c(nc(OCC56CCCN5CCC6)nc4N4CCCCC4)C3)c12. The fraction of sp³-hybridized carbons (Fsp3) is 0.562. The van der Waals surface area contributed by atoms with Crippen molar-refractivity contribution in [1.29, 1.82) is 0 Å². The molecule has 0 amide bonds. The van der Waals surface area contributed by atoms with Crippen LogP contribution in [-0.4, -0.2) is 59.7 Å². The summed E-state index contributed by atoms with van der Waals surface area (Å²) in [7, 11) is 0. The number of aromatic nitrogens is 2. The van der Waals surface area contributed by atoms with Crippen LogP contribution in [0.15, 0.2) is 36.4 Å². The van der Waals surface area contributed by atoms with E-state index in [0.29, 0.717) is 6.01 Å². The maximum Gasteiger partial charge on any atom is 0.318 e. The summed E-state index contributed by atoms with van der Waals surface area (Å²) in [6.45, 7) is 9.39. The van der Waals surface area contributed by atoms with Crippen LogP contribution in [0.2, 0.25) is 0 Å². The number of piperidine rings is 1. The van der Waals surface area contributed by atoms with Gasteiger partial charge in [0.05, 0.1) is 17.8 Å². The minimum Gasteiger partial charge on any atom is -0.461 e. The molecule has 38 heavy (non-hydrogen) atoms. The largest absolute Gasteiger partial charge is 0.461 e. The molecule has 3 saturated heterocycles. The Morgan fingerprint density at radius 2 is 1.63 bits per heavy atom. The van der Waals surface area contributed by atoms with Gasteiger partial charge in [-0.25, -0.2) is 0 Å². The molecule has 0 N–H and O–H groups in total. The van der Waals surface area contributed by atoms with E-state index >= 15 is 0 Å². The molecule has 4 aliphatic heterocycles. The van der Waals surface area contributed by atoms with Crippen molar-refractivity contribution < 1.29 is 4.74 Å². The Morgan fingerprint density at radius 1 is 0.842 bits per heavy atom. The molecule has 3 fully saturated rings. The molecule has 6 nitrogen and oxygen atoms in total. The maximum atomic E-state index is 6.53. The summed E-state index contributed by atoms with van der Waals surface area (Å²) in [6, 6.07) is 14.0. The lowest BCUT2D eigenvalue weighted by Crippen LogP contribution is -2.43. The van der Waals surface area contributed by atoms with Crippen LogP contribution in [0.5, 0.6) is 6.01 Å². The number of hydrogen-bond donors (Lipinski definition) is 0. The van der Waals surface area contributed by atoms with Gasteiger partial charge in [0.1, 0.15) is 12.4 Å². The second-order valence-corrected chi connectivity index (χ2v) is 11.8. The highest BCUT2D eigenvalue weighted by Gasteiger charge is 2.45. The number of ether oxygens (including phenoxy) is 1. The van der Waals surface area contributed by atoms with E-state index in [0.717, 1.165) is 57.1 Å². The van der Waals surface area contributed by atoms with E-state index in [9.17, 15) is 0 Å². The molecule has 7 rings (SSSR count). The normalized spacial score (nSPS) is 21.1. The van der Waals surface area contributed by atoms with Gasteiger partial charge in [0, 0.05) is 36.3 Å². The zero-order chi connectivity index (χ0) is 25.5. The van der Waals surface area contributed by atoms with Crippen molar-refractivity contribution in [3.05, 3.63) is 53.2 Å². The Balaban J connectivity index is 1.23. The number of hydrogen-bond acceptors (Lipinski definition) is 6. The van der Waals surface area contributed by atoms with Crippen molar-refractivity contribution in [2.24, 2.45) is 0 Å². The number of fused-ring (bicyclic) bond motifs is 3. The van der Waals surface area contributed by atoms with Gasteiger partial charge < -0.3 is 14.5 Å². The second-order valence-electron chi connectivity index (χ2n) is 11.8. The first kappa shape index (κ1) is 24.2. The van der Waals surface area contributed by atoms with Crippen molar-refractivity contribution in [3.63, 3.8) is 0 Å². The number of aryl methyl sites for hydroxylation is 1. The van der Waals surface area contributed by atoms with E-state index in [1.54, 1.807) is 0 Å². The molecular weight excluding hydrogens is 470 g/mol. The van der Waals surface area contributed by atoms with Crippen LogP contribution in [0.4, 0.5) is 11.5 Å². The summed E-state index contributed by atoms with van der Waals surface area (Å²) in [5.41, 5.74) is 5.45. The molecule has 6 heteroatoms. The predicted molar refractivity (Wildman–Crippen MR) is 154 cm³/mol. The van der Waals surface area contributed by atoms with Gasteiger partial charge in [0.15, 0.2) is 0 Å². The number of rotatable bonds is 6. The number of nitrogens with zero attached hydrogens (tertiary/aromatic N) is 5. The monoisotopic (exact) mass is 511 g/mol. The van der Waals surface area contributed by atoms with Crippen LogP contribution in [0.3, 0.4) is 0 Å². The third-order valence-electron chi connectivity index (χ3n) is 9.65. The lowest BCUT2D eigenvalue weighted by atomic mass is 9.95. The lowest BCUT2D eigenvalue weighted by Gasteiger charge is -2.36. The van der Waals surface area contributed by atoms with Crippen LogP contribution in [0.1, 0.15) is 68.7 Å². The Labute approximate surface area is 227 Å². The van der Waals surface area contributed by atoms with Crippen LogP contribution >= 0.6 is 0 Å². The molecule has 3 aromatic rings. The highest BCUT2D eigenvalue weighted by Crippen LogP contribution is 2.40. The first-order chi connectivity index (χ1) is 18.7. The van der Waals surface area contributed by atoms with E-state index in [2.05, 4.69) is 58.0 Å². The zero-order valence-corrected chi connectivity index (χ0v) is 22.9. The highest BCUT2D eigenvalue weighted by atomic mass is 16.5. The molecular formula is C32H41N5O. The molecule has 0 radical (unpaired) electrons. The van der Waals surface area contributed by atoms with E-state index < -0.39 is 0 Å². The molecule has 0 unspecified atom stereocenters. The molecule has 2 aromatic carbocycles. The minimum absolute atomic E-state index is 0.204. The summed E-state index contributed by atoms with van der Waals surface area (Å²) in [4.78, 5) is 17.9. The Morgan fingerprint density at radius 3 is 2.42 bits per heavy atom. The fourth-order valence-electron chi connectivity index (χ4n) is 7.64. The summed E-state index contributed by atoms with van der Waals surface area (Å²) in [6.07, 6.45) is 10.9. The minimum atomic E-state index is 0.204. The molecule has 5 heterocycles. The number of anilines is 2. The van der Waals surface area contributed by atoms with Crippen LogP contribution in [0, 0.1) is 0 Å². The predicted octanol–water partition coefficient (Wildman–Crippen LogP) is 5.75. The van der Waals surface area contributed by atoms with Crippen LogP contribution in [-0.2, 0) is 19.4 Å². The molecule has 0 aliphatic carbocycles. The molecule has 200 valence electrons. The average Bonchev–Trinajstić information content (AvgIpc) is 3.56. The smallest absolute Gasteiger partial charge is 0.318 e. The third-order valence-corrected chi connectivity index (χ3v) is 9.65. The molecule has 1 aromatic heterocycles. The summed E-state index contributed by atoms with van der Waals surface area (Å²) < 4.78 is 6.53. The highest BCUT2D eigenvalue weighted by molar-refractivity contribution is 5.97. The standard InChI is InChI=1S/C32H41N5O/c1-2-24-10-6-11-25-12-7-13-28(29(24)25)36-21-14-26-27(22-36)33-31(34-30(26)35-17-4-3-5-18-35)38-23-32-15-8-19-37(32)20-9-16-32/h6-7,10-13H,2-5,8-9,14-23H2,1H3. The Kier molecular flexibility index (Phi) is 6.39. The Bertz CT molecular complexity index is 1300. The van der Waals surface area contributed by atoms with E-state index in [1.165, 1.54) is 85.6 Å². The summed E-state index contributed by atoms with van der Waals surface area (Å²) in [5, 5.41) is 2.72. The number of benzene rings is 2. The zero-order valence-electron chi connectivity index (χ0n) is 22.9. The van der Waals surface area contributed by atoms with Crippen molar-refractivity contribution >= 4 is 22.3 Å². The van der Waals surface area contributed by atoms with Crippen molar-refractivity contribution in [3.8, 4) is 6.01 Å². The Hall–Kier alpha value is -2.86. The maximum absolute atomic E-state index is 6.53. The van der Waals surface area contributed by atoms with Crippen LogP contribution < -0.4 is 14.5 Å². The van der Waals surface area contributed by atoms with Gasteiger partial charge in [-0.05, 0) is 87.9 Å². The van der Waals surface area contributed by atoms with Gasteiger partial charge in [0.25, 0.3) is 0 Å².